The van der Waals surface area contributed by atoms with Crippen LogP contribution < -0.4 is 10.3 Å². The fraction of sp³-hybridized carbons (Fsp3) is 0.478. The van der Waals surface area contributed by atoms with Crippen molar-refractivity contribution in [3.63, 3.8) is 0 Å². The maximum absolute atomic E-state index is 12.4. The average molecular weight is 423 g/mol. The average Bonchev–Trinajstić information content (AvgIpc) is 3.14. The number of nitrogens with zero attached hydrogens (tertiary/aromatic N) is 4. The standard InChI is InChI=1S/C23H26N4O2S/c1-14-12-24-22(30-14)9-7-16-11-21(26-27(2)23(16)28)29-13-17-10-18(17)20-8-6-15-4-3-5-19(15)25-20/h6,8,11-12,17-18H,3-5,7,9-10,13H2,1-2H3/t17-,18+/m1/s1. The Kier molecular flexibility index (Phi) is 5.15. The van der Waals surface area contributed by atoms with E-state index < -0.39 is 0 Å². The van der Waals surface area contributed by atoms with Crippen molar-refractivity contribution < 1.29 is 4.74 Å². The molecule has 0 aromatic carbocycles. The molecular formula is C23H26N4O2S. The van der Waals surface area contributed by atoms with Gasteiger partial charge in [0.25, 0.3) is 5.56 Å². The first kappa shape index (κ1) is 19.4. The molecular weight excluding hydrogens is 396 g/mol. The van der Waals surface area contributed by atoms with Gasteiger partial charge in [-0.05, 0) is 50.7 Å². The molecule has 0 aliphatic heterocycles. The van der Waals surface area contributed by atoms with Gasteiger partial charge in [-0.15, -0.1) is 16.4 Å². The topological polar surface area (TPSA) is 69.9 Å². The van der Waals surface area contributed by atoms with Crippen LogP contribution in [0.1, 0.15) is 51.2 Å². The van der Waals surface area contributed by atoms with Gasteiger partial charge < -0.3 is 4.74 Å². The highest BCUT2D eigenvalue weighted by atomic mass is 32.1. The van der Waals surface area contributed by atoms with Crippen molar-refractivity contribution in [1.29, 1.82) is 0 Å². The quantitative estimate of drug-likeness (QED) is 0.584. The van der Waals surface area contributed by atoms with Gasteiger partial charge in [0, 0.05) is 59.4 Å². The van der Waals surface area contributed by atoms with E-state index in [1.54, 1.807) is 24.5 Å². The molecule has 3 aromatic rings. The molecule has 1 saturated carbocycles. The number of pyridine rings is 1. The number of rotatable bonds is 7. The van der Waals surface area contributed by atoms with Crippen molar-refractivity contribution in [3.8, 4) is 5.88 Å². The summed E-state index contributed by atoms with van der Waals surface area (Å²) in [4.78, 5) is 22.9. The van der Waals surface area contributed by atoms with Crippen LogP contribution in [0.4, 0.5) is 0 Å². The lowest BCUT2D eigenvalue weighted by molar-refractivity contribution is 0.277. The van der Waals surface area contributed by atoms with Gasteiger partial charge in [0.15, 0.2) is 0 Å². The number of ether oxygens (including phenoxy) is 1. The minimum absolute atomic E-state index is 0.0673. The summed E-state index contributed by atoms with van der Waals surface area (Å²) in [6.45, 7) is 2.65. The van der Waals surface area contributed by atoms with E-state index in [9.17, 15) is 4.79 Å². The molecule has 3 heterocycles. The monoisotopic (exact) mass is 422 g/mol. The molecule has 30 heavy (non-hydrogen) atoms. The second kappa shape index (κ2) is 7.95. The Bertz CT molecular complexity index is 1140. The van der Waals surface area contributed by atoms with Crippen LogP contribution in [0.3, 0.4) is 0 Å². The number of hydrogen-bond donors (Lipinski definition) is 0. The molecule has 156 valence electrons. The molecule has 0 unspecified atom stereocenters. The van der Waals surface area contributed by atoms with Gasteiger partial charge in [0.2, 0.25) is 5.88 Å². The Balaban J connectivity index is 1.21. The molecule has 0 saturated heterocycles. The first-order valence-corrected chi connectivity index (χ1v) is 11.5. The van der Waals surface area contributed by atoms with Crippen LogP contribution >= 0.6 is 11.3 Å². The third-order valence-electron chi connectivity index (χ3n) is 6.09. The zero-order chi connectivity index (χ0) is 20.7. The summed E-state index contributed by atoms with van der Waals surface area (Å²) in [5, 5.41) is 5.34. The summed E-state index contributed by atoms with van der Waals surface area (Å²) < 4.78 is 7.37. The van der Waals surface area contributed by atoms with Gasteiger partial charge >= 0.3 is 0 Å². The van der Waals surface area contributed by atoms with E-state index in [-0.39, 0.29) is 5.56 Å². The highest BCUT2D eigenvalue weighted by Gasteiger charge is 2.40. The molecule has 2 atom stereocenters. The Hall–Kier alpha value is -2.54. The highest BCUT2D eigenvalue weighted by molar-refractivity contribution is 7.11. The molecule has 7 heteroatoms. The number of aromatic nitrogens is 4. The second-order valence-corrected chi connectivity index (χ2v) is 9.73. The van der Waals surface area contributed by atoms with Crippen LogP contribution in [0, 0.1) is 12.8 Å². The highest BCUT2D eigenvalue weighted by Crippen LogP contribution is 2.47. The van der Waals surface area contributed by atoms with Gasteiger partial charge in [0.05, 0.1) is 11.6 Å². The summed E-state index contributed by atoms with van der Waals surface area (Å²) in [6.07, 6.45) is 7.89. The van der Waals surface area contributed by atoms with Crippen molar-refractivity contribution in [3.05, 3.63) is 67.1 Å². The van der Waals surface area contributed by atoms with Crippen LogP contribution in [0.2, 0.25) is 0 Å². The second-order valence-electron chi connectivity index (χ2n) is 8.41. The number of fused-ring (bicyclic) bond motifs is 1. The molecule has 0 spiro atoms. The van der Waals surface area contributed by atoms with Crippen LogP contribution in [-0.2, 0) is 32.7 Å². The lowest BCUT2D eigenvalue weighted by Crippen LogP contribution is -2.24. The van der Waals surface area contributed by atoms with Crippen LogP contribution in [0.25, 0.3) is 0 Å². The summed E-state index contributed by atoms with van der Waals surface area (Å²) in [5.41, 5.74) is 4.57. The van der Waals surface area contributed by atoms with E-state index >= 15 is 0 Å². The van der Waals surface area contributed by atoms with Crippen molar-refractivity contribution in [2.75, 3.05) is 6.61 Å². The van der Waals surface area contributed by atoms with Crippen LogP contribution in [0.15, 0.2) is 29.2 Å². The molecule has 3 aromatic heterocycles. The number of thiazole rings is 1. The fourth-order valence-electron chi connectivity index (χ4n) is 4.28. The molecule has 2 aliphatic rings. The molecule has 6 nitrogen and oxygen atoms in total. The molecule has 0 radical (unpaired) electrons. The Labute approximate surface area is 180 Å². The predicted molar refractivity (Wildman–Crippen MR) is 116 cm³/mol. The van der Waals surface area contributed by atoms with Crippen molar-refractivity contribution in [2.45, 2.75) is 51.4 Å². The summed E-state index contributed by atoms with van der Waals surface area (Å²) in [7, 11) is 1.68. The number of hydrogen-bond acceptors (Lipinski definition) is 6. The van der Waals surface area contributed by atoms with Gasteiger partial charge in [-0.2, -0.15) is 0 Å². The van der Waals surface area contributed by atoms with Gasteiger partial charge in [-0.1, -0.05) is 6.07 Å². The summed E-state index contributed by atoms with van der Waals surface area (Å²) >= 11 is 1.68. The molecule has 2 aliphatic carbocycles. The van der Waals surface area contributed by atoms with Gasteiger partial charge in [0.1, 0.15) is 0 Å². The van der Waals surface area contributed by atoms with Crippen molar-refractivity contribution in [2.24, 2.45) is 13.0 Å². The zero-order valence-electron chi connectivity index (χ0n) is 17.4. The van der Waals surface area contributed by atoms with E-state index in [4.69, 9.17) is 9.72 Å². The fourth-order valence-corrected chi connectivity index (χ4v) is 5.07. The summed E-state index contributed by atoms with van der Waals surface area (Å²) in [5.74, 6) is 1.48. The lowest BCUT2D eigenvalue weighted by Gasteiger charge is -2.09. The van der Waals surface area contributed by atoms with Gasteiger partial charge in [-0.3, -0.25) is 9.78 Å². The minimum atomic E-state index is -0.0673. The maximum atomic E-state index is 12.4. The maximum Gasteiger partial charge on any atom is 0.269 e. The SMILES string of the molecule is Cc1cnc(CCc2cc(OC[C@H]3C[C@@H]3c3ccc4c(n3)CCC4)nn(C)c2=O)s1. The van der Waals surface area contributed by atoms with E-state index in [2.05, 4.69) is 22.2 Å². The largest absolute Gasteiger partial charge is 0.476 e. The van der Waals surface area contributed by atoms with E-state index in [1.807, 2.05) is 13.1 Å². The third kappa shape index (κ3) is 4.03. The molecule has 5 rings (SSSR count). The normalized spacial score (nSPS) is 19.7. The minimum Gasteiger partial charge on any atom is -0.476 e. The first-order chi connectivity index (χ1) is 14.6. The molecule has 1 fully saturated rings. The smallest absolute Gasteiger partial charge is 0.269 e. The first-order valence-electron chi connectivity index (χ1n) is 10.7. The van der Waals surface area contributed by atoms with E-state index in [1.165, 1.54) is 39.4 Å². The molecule has 0 amide bonds. The summed E-state index contributed by atoms with van der Waals surface area (Å²) in [6, 6.07) is 6.25. The van der Waals surface area contributed by atoms with Gasteiger partial charge in [-0.25, -0.2) is 9.67 Å². The molecule has 0 bridgehead atoms. The Morgan fingerprint density at radius 1 is 1.27 bits per heavy atom. The van der Waals surface area contributed by atoms with Crippen LogP contribution in [-0.4, -0.2) is 26.4 Å². The van der Waals surface area contributed by atoms with E-state index in [0.717, 1.165) is 29.8 Å². The van der Waals surface area contributed by atoms with Crippen molar-refractivity contribution in [1.82, 2.24) is 19.7 Å². The zero-order valence-corrected chi connectivity index (χ0v) is 18.2. The Morgan fingerprint density at radius 2 is 2.17 bits per heavy atom. The van der Waals surface area contributed by atoms with Crippen LogP contribution in [0.5, 0.6) is 5.88 Å². The van der Waals surface area contributed by atoms with E-state index in [0.29, 0.717) is 30.7 Å². The third-order valence-corrected chi connectivity index (χ3v) is 7.06. The molecule has 0 N–H and O–H groups in total. The number of aryl methyl sites for hydroxylation is 6. The lowest BCUT2D eigenvalue weighted by atomic mass is 10.1. The predicted octanol–water partition coefficient (Wildman–Crippen LogP) is 3.40. The van der Waals surface area contributed by atoms with Crippen molar-refractivity contribution >= 4 is 11.3 Å². The Morgan fingerprint density at radius 3 is 3.00 bits per heavy atom.